The number of hydrogen-bond acceptors (Lipinski definition) is 6. The summed E-state index contributed by atoms with van der Waals surface area (Å²) in [4.78, 5) is 30.2. The predicted molar refractivity (Wildman–Crippen MR) is 114 cm³/mol. The second-order valence-corrected chi connectivity index (χ2v) is 8.29. The number of anilines is 1. The molecule has 0 N–H and O–H groups in total. The van der Waals surface area contributed by atoms with Crippen molar-refractivity contribution < 1.29 is 31.5 Å². The van der Waals surface area contributed by atoms with Crippen LogP contribution in [0, 0.1) is 0 Å². The molecule has 1 heterocycles. The lowest BCUT2D eigenvalue weighted by atomic mass is 10.1. The number of ether oxygens (including phenoxy) is 2. The Morgan fingerprint density at radius 1 is 1.13 bits per heavy atom. The molecule has 0 saturated heterocycles. The molecule has 2 aromatic carbocycles. The minimum Gasteiger partial charge on any atom is -1.00 e. The number of esters is 1. The minimum atomic E-state index is -0.916. The van der Waals surface area contributed by atoms with E-state index in [1.54, 1.807) is 23.8 Å². The van der Waals surface area contributed by atoms with E-state index in [1.165, 1.54) is 6.92 Å². The van der Waals surface area contributed by atoms with Gasteiger partial charge >= 0.3 is 5.97 Å². The first-order valence-corrected chi connectivity index (χ1v) is 10.3. The highest BCUT2D eigenvalue weighted by molar-refractivity contribution is 7.99. The van der Waals surface area contributed by atoms with Gasteiger partial charge in [0.25, 0.3) is 5.91 Å². The lowest BCUT2D eigenvalue weighted by molar-refractivity contribution is -0.152. The van der Waals surface area contributed by atoms with Crippen LogP contribution >= 0.6 is 11.8 Å². The molecule has 162 valence electrons. The summed E-state index contributed by atoms with van der Waals surface area (Å²) in [6, 6.07) is 15.4. The van der Waals surface area contributed by atoms with Crippen LogP contribution in [0.1, 0.15) is 17.7 Å². The van der Waals surface area contributed by atoms with E-state index >= 15 is 0 Å². The van der Waals surface area contributed by atoms with E-state index in [-0.39, 0.29) is 23.6 Å². The Morgan fingerprint density at radius 2 is 1.80 bits per heavy atom. The van der Waals surface area contributed by atoms with Gasteiger partial charge in [0, 0.05) is 24.9 Å². The van der Waals surface area contributed by atoms with Gasteiger partial charge < -0.3 is 31.7 Å². The molecular weight excluding hydrogens is 424 g/mol. The zero-order chi connectivity index (χ0) is 21.0. The topological polar surface area (TPSA) is 59.1 Å². The molecule has 1 amide bonds. The molecule has 0 fully saturated rings. The maximum Gasteiger partial charge on any atom is 0.303 e. The molecule has 0 spiro atoms. The molecule has 0 unspecified atom stereocenters. The molecule has 0 aromatic heterocycles. The van der Waals surface area contributed by atoms with Crippen LogP contribution in [0.2, 0.25) is 0 Å². The number of fused-ring (bicyclic) bond motifs is 1. The third-order valence-corrected chi connectivity index (χ3v) is 6.07. The highest BCUT2D eigenvalue weighted by Crippen LogP contribution is 2.46. The van der Waals surface area contributed by atoms with Crippen LogP contribution in [0.15, 0.2) is 53.4 Å². The van der Waals surface area contributed by atoms with Crippen LogP contribution in [0.25, 0.3) is 0 Å². The lowest BCUT2D eigenvalue weighted by Gasteiger charge is -2.28. The number of likely N-dealkylation sites (N-methyl/N-ethyl adjacent to an activating group) is 1. The number of benzene rings is 2. The van der Waals surface area contributed by atoms with Crippen LogP contribution in [0.5, 0.6) is 5.75 Å². The van der Waals surface area contributed by atoms with Crippen molar-refractivity contribution in [3.63, 3.8) is 0 Å². The molecule has 6 nitrogen and oxygen atoms in total. The van der Waals surface area contributed by atoms with Crippen LogP contribution in [-0.2, 0) is 14.3 Å². The van der Waals surface area contributed by atoms with Crippen molar-refractivity contribution in [2.75, 3.05) is 39.2 Å². The van der Waals surface area contributed by atoms with Gasteiger partial charge in [0.2, 0.25) is 0 Å². The number of hydrogen-bond donors (Lipinski definition) is 0. The third-order valence-electron chi connectivity index (χ3n) is 4.70. The summed E-state index contributed by atoms with van der Waals surface area (Å²) < 4.78 is 10.8. The molecule has 0 aliphatic carbocycles. The summed E-state index contributed by atoms with van der Waals surface area (Å²) in [5.74, 6) is 0.0528. The number of amides is 1. The van der Waals surface area contributed by atoms with Gasteiger partial charge in [-0.3, -0.25) is 9.59 Å². The molecule has 2 atom stereocenters. The standard InChI is InChI=1S/C22H26N2O4S.ClH/c1-15(25)28-20-21(16-9-11-17(27-4)12-10-16)29-19-8-6-5-7-18(19)24(22(20)26)14-13-23(2)3;/h5-12,20-21H,13-14H2,1-4H3;1H/p-1/t20-,21+;/m0./s1. The van der Waals surface area contributed by atoms with Gasteiger partial charge in [0.1, 0.15) is 5.75 Å². The first-order valence-electron chi connectivity index (χ1n) is 9.43. The number of rotatable bonds is 6. The highest BCUT2D eigenvalue weighted by atomic mass is 35.5. The first-order chi connectivity index (χ1) is 13.9. The lowest BCUT2D eigenvalue weighted by Crippen LogP contribution is -3.00. The summed E-state index contributed by atoms with van der Waals surface area (Å²) >= 11 is 1.54. The molecule has 0 saturated carbocycles. The van der Waals surface area contributed by atoms with Crippen molar-refractivity contribution >= 4 is 29.3 Å². The molecule has 1 aliphatic rings. The summed E-state index contributed by atoms with van der Waals surface area (Å²) in [7, 11) is 5.54. The van der Waals surface area contributed by atoms with Crippen molar-refractivity contribution in [1.82, 2.24) is 4.90 Å². The number of methoxy groups -OCH3 is 1. The first kappa shape index (κ1) is 24.1. The summed E-state index contributed by atoms with van der Waals surface area (Å²) in [5.41, 5.74) is 1.75. The summed E-state index contributed by atoms with van der Waals surface area (Å²) in [5, 5.41) is -0.359. The number of carbonyl (C=O) groups excluding carboxylic acids is 2. The maximum atomic E-state index is 13.6. The Bertz CT molecular complexity index is 876. The zero-order valence-electron chi connectivity index (χ0n) is 17.5. The highest BCUT2D eigenvalue weighted by Gasteiger charge is 2.40. The Hall–Kier alpha value is -2.22. The van der Waals surface area contributed by atoms with Crippen LogP contribution < -0.4 is 22.0 Å². The Labute approximate surface area is 187 Å². The van der Waals surface area contributed by atoms with Crippen LogP contribution in [-0.4, -0.2) is 57.2 Å². The van der Waals surface area contributed by atoms with E-state index in [2.05, 4.69) is 0 Å². The summed E-state index contributed by atoms with van der Waals surface area (Å²) in [6.45, 7) is 2.55. The van der Waals surface area contributed by atoms with Gasteiger partial charge in [-0.05, 0) is 43.9 Å². The zero-order valence-corrected chi connectivity index (χ0v) is 19.1. The van der Waals surface area contributed by atoms with E-state index in [1.807, 2.05) is 67.5 Å². The van der Waals surface area contributed by atoms with Crippen molar-refractivity contribution in [2.45, 2.75) is 23.2 Å². The monoisotopic (exact) mass is 449 g/mol. The van der Waals surface area contributed by atoms with E-state index < -0.39 is 12.1 Å². The molecule has 8 heteroatoms. The second kappa shape index (κ2) is 10.7. The van der Waals surface area contributed by atoms with Crippen LogP contribution in [0.4, 0.5) is 5.69 Å². The smallest absolute Gasteiger partial charge is 0.303 e. The number of thioether (sulfide) groups is 1. The SMILES string of the molecule is COc1ccc([C@H]2Sc3ccccc3N(CCN(C)C)C(=O)[C@H]2OC(C)=O)cc1.[Cl-]. The molecule has 30 heavy (non-hydrogen) atoms. The van der Waals surface area contributed by atoms with Crippen molar-refractivity contribution in [1.29, 1.82) is 0 Å². The quantitative estimate of drug-likeness (QED) is 0.594. The Morgan fingerprint density at radius 3 is 2.40 bits per heavy atom. The second-order valence-electron chi connectivity index (χ2n) is 7.10. The maximum absolute atomic E-state index is 13.6. The van der Waals surface area contributed by atoms with Crippen molar-refractivity contribution in [3.8, 4) is 5.75 Å². The van der Waals surface area contributed by atoms with Gasteiger partial charge in [-0.1, -0.05) is 24.3 Å². The Kier molecular flexibility index (Phi) is 8.58. The molecule has 3 rings (SSSR count). The normalized spacial score (nSPS) is 18.3. The van der Waals surface area contributed by atoms with Crippen molar-refractivity contribution in [2.24, 2.45) is 0 Å². The van der Waals surface area contributed by atoms with Gasteiger partial charge in [-0.25, -0.2) is 0 Å². The summed E-state index contributed by atoms with van der Waals surface area (Å²) in [6.07, 6.45) is -0.916. The average Bonchev–Trinajstić information content (AvgIpc) is 2.81. The number of carbonyl (C=O) groups is 2. The fourth-order valence-electron chi connectivity index (χ4n) is 3.24. The fourth-order valence-corrected chi connectivity index (χ4v) is 4.56. The fraction of sp³-hybridized carbons (Fsp3) is 0.364. The van der Waals surface area contributed by atoms with Crippen molar-refractivity contribution in [3.05, 3.63) is 54.1 Å². The average molecular weight is 450 g/mol. The van der Waals surface area contributed by atoms with Gasteiger partial charge in [-0.2, -0.15) is 0 Å². The molecule has 1 aliphatic heterocycles. The minimum absolute atomic E-state index is 0. The van der Waals surface area contributed by atoms with E-state index in [9.17, 15) is 9.59 Å². The number of halogens is 1. The Balaban J connectivity index is 0.00000320. The molecular formula is C22H26ClN2O4S-. The largest absolute Gasteiger partial charge is 1.00 e. The number of para-hydroxylation sites is 1. The molecule has 0 bridgehead atoms. The van der Waals surface area contributed by atoms with Gasteiger partial charge in [0.15, 0.2) is 6.10 Å². The molecule has 2 aromatic rings. The van der Waals surface area contributed by atoms with Gasteiger partial charge in [-0.15, -0.1) is 11.8 Å². The molecule has 0 radical (unpaired) electrons. The predicted octanol–water partition coefficient (Wildman–Crippen LogP) is 0.373. The third kappa shape index (κ3) is 5.47. The van der Waals surface area contributed by atoms with E-state index in [0.717, 1.165) is 21.9 Å². The van der Waals surface area contributed by atoms with E-state index in [0.29, 0.717) is 13.1 Å². The van der Waals surface area contributed by atoms with Gasteiger partial charge in [0.05, 0.1) is 18.0 Å². The van der Waals surface area contributed by atoms with Crippen LogP contribution in [0.3, 0.4) is 0 Å². The number of nitrogens with zero attached hydrogens (tertiary/aromatic N) is 2. The van der Waals surface area contributed by atoms with E-state index in [4.69, 9.17) is 9.47 Å².